The van der Waals surface area contributed by atoms with E-state index in [-0.39, 0.29) is 24.9 Å². The summed E-state index contributed by atoms with van der Waals surface area (Å²) < 4.78 is 19.3. The maximum atomic E-state index is 13.4. The quantitative estimate of drug-likeness (QED) is 0.268. The number of fused-ring (bicyclic) bond motifs is 1. The molecule has 0 bridgehead atoms. The van der Waals surface area contributed by atoms with Crippen LogP contribution >= 0.6 is 0 Å². The Morgan fingerprint density at radius 3 is 2.48 bits per heavy atom. The Bertz CT molecular complexity index is 1310. The smallest absolute Gasteiger partial charge is 0.318 e. The first kappa shape index (κ1) is 28.8. The van der Waals surface area contributed by atoms with Crippen molar-refractivity contribution in [1.82, 2.24) is 19.8 Å². The van der Waals surface area contributed by atoms with Crippen LogP contribution in [0.3, 0.4) is 0 Å². The molecule has 1 aromatic carbocycles. The normalized spacial score (nSPS) is 15.2. The van der Waals surface area contributed by atoms with Crippen molar-refractivity contribution in [2.45, 2.75) is 26.2 Å². The van der Waals surface area contributed by atoms with Crippen LogP contribution in [0.25, 0.3) is 0 Å². The third-order valence-corrected chi connectivity index (χ3v) is 7.38. The number of anilines is 3. The molecule has 0 spiro atoms. The summed E-state index contributed by atoms with van der Waals surface area (Å²) in [4.78, 5) is 41.0. The fourth-order valence-electron chi connectivity index (χ4n) is 5.18. The number of hydrogen-bond acceptors (Lipinski definition) is 8. The zero-order valence-corrected chi connectivity index (χ0v) is 23.5. The third-order valence-electron chi connectivity index (χ3n) is 7.38. The van der Waals surface area contributed by atoms with Crippen LogP contribution in [0.5, 0.6) is 6.01 Å². The molecule has 4 rings (SSSR count). The molecule has 2 aromatic rings. The summed E-state index contributed by atoms with van der Waals surface area (Å²) in [5.41, 5.74) is 11.6. The molecule has 12 heteroatoms. The van der Waals surface area contributed by atoms with Crippen molar-refractivity contribution in [2.75, 3.05) is 75.5 Å². The van der Waals surface area contributed by atoms with Gasteiger partial charge in [0, 0.05) is 71.0 Å². The number of amides is 2. The number of nitrogens with two attached hydrogens (primary N) is 2. The van der Waals surface area contributed by atoms with Crippen LogP contribution < -0.4 is 25.7 Å². The summed E-state index contributed by atoms with van der Waals surface area (Å²) >= 11 is 0. The summed E-state index contributed by atoms with van der Waals surface area (Å²) in [5, 5.41) is 5.97. The lowest BCUT2D eigenvalue weighted by Crippen LogP contribution is -2.49. The van der Waals surface area contributed by atoms with Gasteiger partial charge in [0.1, 0.15) is 12.4 Å². The van der Waals surface area contributed by atoms with E-state index in [2.05, 4.69) is 16.4 Å². The number of piperazine rings is 1. The molecule has 214 valence electrons. The van der Waals surface area contributed by atoms with Gasteiger partial charge in [-0.15, -0.1) is 0 Å². The van der Waals surface area contributed by atoms with E-state index in [0.717, 1.165) is 33.9 Å². The van der Waals surface area contributed by atoms with Gasteiger partial charge < -0.3 is 30.1 Å². The van der Waals surface area contributed by atoms with Crippen molar-refractivity contribution < 1.29 is 24.1 Å². The van der Waals surface area contributed by atoms with Gasteiger partial charge in [-0.1, -0.05) is 12.6 Å². The molecule has 3 heterocycles. The summed E-state index contributed by atoms with van der Waals surface area (Å²) in [6.07, 6.45) is 3.06. The van der Waals surface area contributed by atoms with Crippen LogP contribution in [0, 0.1) is 6.92 Å². The fraction of sp³-hybridized carbons (Fsp3) is 0.464. The minimum Gasteiger partial charge on any atom is -0.463 e. The van der Waals surface area contributed by atoms with Crippen molar-refractivity contribution >= 4 is 35.2 Å². The van der Waals surface area contributed by atoms with Crippen LogP contribution in [0.2, 0.25) is 0 Å². The Balaban J connectivity index is 1.62. The highest BCUT2D eigenvalue weighted by molar-refractivity contribution is 5.93. The fourth-order valence-corrected chi connectivity index (χ4v) is 5.18. The van der Waals surface area contributed by atoms with Crippen molar-refractivity contribution in [3.63, 3.8) is 0 Å². The summed E-state index contributed by atoms with van der Waals surface area (Å²) in [6.45, 7) is 8.37. The van der Waals surface area contributed by atoms with Gasteiger partial charge in [-0.3, -0.25) is 15.0 Å². The maximum absolute atomic E-state index is 13.4. The standard InChI is InChI=1S/C28H37FN8O3/c1-18-5-6-22(31)21(17-30)25(18)35-10-7-20-23(8-11-35)32-28(40-16-9-24(38)34(3)4)33-26(20)36-12-14-37(15-13-36)27(39)19(2)29/h5-6,17,30H,2,7-16,31H2,1,3-4H3/p+1. The number of benzene rings is 1. The summed E-state index contributed by atoms with van der Waals surface area (Å²) in [6, 6.07) is 4.07. The van der Waals surface area contributed by atoms with E-state index in [1.807, 2.05) is 19.1 Å². The van der Waals surface area contributed by atoms with E-state index in [9.17, 15) is 14.0 Å². The van der Waals surface area contributed by atoms with E-state index >= 15 is 0 Å². The van der Waals surface area contributed by atoms with E-state index in [4.69, 9.17) is 25.8 Å². The molecule has 1 saturated heterocycles. The molecule has 1 fully saturated rings. The van der Waals surface area contributed by atoms with E-state index in [1.165, 1.54) is 9.80 Å². The van der Waals surface area contributed by atoms with Crippen molar-refractivity contribution in [3.05, 3.63) is 46.9 Å². The van der Waals surface area contributed by atoms with Gasteiger partial charge in [0.25, 0.3) is 5.91 Å². The minimum absolute atomic E-state index is 0.0501. The van der Waals surface area contributed by atoms with Crippen molar-refractivity contribution in [1.29, 1.82) is 0 Å². The third kappa shape index (κ3) is 6.16. The van der Waals surface area contributed by atoms with Gasteiger partial charge in [0.15, 0.2) is 12.0 Å². The molecule has 2 amide bonds. The average Bonchev–Trinajstić information content (AvgIpc) is 3.15. The number of carbonyl (C=O) groups is 2. The first-order valence-electron chi connectivity index (χ1n) is 13.4. The molecule has 2 aliphatic rings. The SMILES string of the molecule is C=C(F)C(=O)N1CCN(c2nc(OCCC(=O)N(C)C)nc3c2CCN(c2c(C)ccc(N)c2C=[NH2+])CC3)CC1. The van der Waals surface area contributed by atoms with Gasteiger partial charge in [0.05, 0.1) is 23.4 Å². The van der Waals surface area contributed by atoms with Crippen LogP contribution in [0.1, 0.15) is 28.8 Å². The number of halogens is 1. The van der Waals surface area contributed by atoms with Gasteiger partial charge in [-0.2, -0.15) is 9.97 Å². The molecule has 0 saturated carbocycles. The van der Waals surface area contributed by atoms with Crippen LogP contribution in [0.4, 0.5) is 21.6 Å². The second-order valence-corrected chi connectivity index (χ2v) is 10.2. The molecular weight excluding hydrogens is 515 g/mol. The van der Waals surface area contributed by atoms with Gasteiger partial charge in [-0.25, -0.2) is 4.39 Å². The van der Waals surface area contributed by atoms with Crippen molar-refractivity contribution in [2.24, 2.45) is 0 Å². The number of hydrogen-bond donors (Lipinski definition) is 2. The van der Waals surface area contributed by atoms with Crippen LogP contribution in [-0.2, 0) is 22.4 Å². The number of ether oxygens (including phenoxy) is 1. The maximum Gasteiger partial charge on any atom is 0.318 e. The van der Waals surface area contributed by atoms with Crippen molar-refractivity contribution in [3.8, 4) is 6.01 Å². The Morgan fingerprint density at radius 2 is 1.82 bits per heavy atom. The van der Waals surface area contributed by atoms with E-state index in [1.54, 1.807) is 20.3 Å². The highest BCUT2D eigenvalue weighted by Crippen LogP contribution is 2.33. The predicted octanol–water partition coefficient (Wildman–Crippen LogP) is 0.139. The molecule has 0 unspecified atom stereocenters. The molecule has 2 aliphatic heterocycles. The van der Waals surface area contributed by atoms with E-state index < -0.39 is 11.7 Å². The molecule has 11 nitrogen and oxygen atoms in total. The largest absolute Gasteiger partial charge is 0.463 e. The molecule has 0 atom stereocenters. The average molecular weight is 554 g/mol. The highest BCUT2D eigenvalue weighted by atomic mass is 19.1. The number of nitrogens with zero attached hydrogens (tertiary/aromatic N) is 6. The van der Waals surface area contributed by atoms with E-state index in [0.29, 0.717) is 57.8 Å². The zero-order valence-electron chi connectivity index (χ0n) is 23.5. The lowest BCUT2D eigenvalue weighted by Gasteiger charge is -2.36. The Kier molecular flexibility index (Phi) is 8.86. The topological polar surface area (TPSA) is 134 Å². The molecular formula is C28H38FN8O3+. The summed E-state index contributed by atoms with van der Waals surface area (Å²) in [5.74, 6) is -0.956. The minimum atomic E-state index is -0.960. The predicted molar refractivity (Wildman–Crippen MR) is 152 cm³/mol. The molecule has 1 aromatic heterocycles. The number of aromatic nitrogens is 2. The number of carbonyl (C=O) groups excluding carboxylic acids is 2. The van der Waals surface area contributed by atoms with Crippen LogP contribution in [0.15, 0.2) is 24.5 Å². The monoisotopic (exact) mass is 553 g/mol. The molecule has 0 aliphatic carbocycles. The zero-order chi connectivity index (χ0) is 29.0. The Morgan fingerprint density at radius 1 is 1.12 bits per heavy atom. The Hall–Kier alpha value is -4.22. The van der Waals surface area contributed by atoms with Crippen LogP contribution in [-0.4, -0.2) is 97.8 Å². The second kappa shape index (κ2) is 12.3. The van der Waals surface area contributed by atoms with Gasteiger partial charge in [-0.05, 0) is 25.0 Å². The molecule has 0 radical (unpaired) electrons. The summed E-state index contributed by atoms with van der Waals surface area (Å²) in [7, 11) is 3.40. The lowest BCUT2D eigenvalue weighted by atomic mass is 10.0. The molecule has 40 heavy (non-hydrogen) atoms. The Labute approximate surface area is 233 Å². The number of rotatable bonds is 8. The van der Waals surface area contributed by atoms with Gasteiger partial charge in [0.2, 0.25) is 5.91 Å². The second-order valence-electron chi connectivity index (χ2n) is 10.2. The first-order valence-corrected chi connectivity index (χ1v) is 13.4. The highest BCUT2D eigenvalue weighted by Gasteiger charge is 2.29. The number of aryl methyl sites for hydroxylation is 1. The first-order chi connectivity index (χ1) is 19.1. The van der Waals surface area contributed by atoms with Gasteiger partial charge >= 0.3 is 6.01 Å². The number of nitrogen functional groups attached to an aromatic ring is 1. The molecule has 4 N–H and O–H groups in total. The lowest BCUT2D eigenvalue weighted by molar-refractivity contribution is -0.129.